The van der Waals surface area contributed by atoms with Gasteiger partial charge in [-0.3, -0.25) is 4.79 Å². The minimum absolute atomic E-state index is 0.0590. The maximum absolute atomic E-state index is 12.2. The third kappa shape index (κ3) is 3.84. The van der Waals surface area contributed by atoms with Crippen LogP contribution in [0.3, 0.4) is 0 Å². The van der Waals surface area contributed by atoms with E-state index < -0.39 is 0 Å². The summed E-state index contributed by atoms with van der Waals surface area (Å²) in [6, 6.07) is 0. The molecule has 0 saturated carbocycles. The third-order valence-electron chi connectivity index (χ3n) is 4.61. The summed E-state index contributed by atoms with van der Waals surface area (Å²) in [4.78, 5) is 25.8. The molecule has 0 bridgehead atoms. The number of carbonyl (C=O) groups is 1. The van der Waals surface area contributed by atoms with E-state index in [1.807, 2.05) is 18.7 Å². The number of carbonyl (C=O) groups excluding carboxylic acids is 1. The van der Waals surface area contributed by atoms with Crippen molar-refractivity contribution in [3.05, 3.63) is 17.0 Å². The summed E-state index contributed by atoms with van der Waals surface area (Å²) in [5.41, 5.74) is 3.30. The van der Waals surface area contributed by atoms with Gasteiger partial charge in [0.1, 0.15) is 6.61 Å². The molecular formula is C17H26N4O3. The van der Waals surface area contributed by atoms with E-state index in [2.05, 4.69) is 4.90 Å². The molecule has 3 rings (SSSR count). The van der Waals surface area contributed by atoms with Crippen molar-refractivity contribution in [3.8, 4) is 0 Å². The van der Waals surface area contributed by atoms with E-state index in [1.54, 1.807) is 0 Å². The fourth-order valence-electron chi connectivity index (χ4n) is 3.21. The predicted molar refractivity (Wildman–Crippen MR) is 90.3 cm³/mol. The van der Waals surface area contributed by atoms with Gasteiger partial charge in [-0.25, -0.2) is 9.97 Å². The molecule has 0 N–H and O–H groups in total. The fraction of sp³-hybridized carbons (Fsp3) is 0.706. The summed E-state index contributed by atoms with van der Waals surface area (Å²) < 4.78 is 10.7. The minimum Gasteiger partial charge on any atom is -0.378 e. The highest BCUT2D eigenvalue weighted by Gasteiger charge is 2.23. The number of aromatic nitrogens is 2. The SMILES string of the molecule is CCOCC(=O)N1CCc2nc(N3CCOCC3)nc(C)c2CC1. The van der Waals surface area contributed by atoms with Crippen molar-refractivity contribution in [3.63, 3.8) is 0 Å². The van der Waals surface area contributed by atoms with Crippen molar-refractivity contribution in [2.45, 2.75) is 26.7 Å². The Hall–Kier alpha value is -1.73. The molecule has 7 nitrogen and oxygen atoms in total. The summed E-state index contributed by atoms with van der Waals surface area (Å²) in [6.07, 6.45) is 1.58. The number of ether oxygens (including phenoxy) is 2. The maximum atomic E-state index is 12.2. The summed E-state index contributed by atoms with van der Waals surface area (Å²) in [5, 5.41) is 0. The smallest absolute Gasteiger partial charge is 0.248 e. The topological polar surface area (TPSA) is 67.8 Å². The van der Waals surface area contributed by atoms with E-state index in [0.717, 1.165) is 56.5 Å². The second-order valence-electron chi connectivity index (χ2n) is 6.15. The van der Waals surface area contributed by atoms with Gasteiger partial charge in [-0.05, 0) is 25.8 Å². The Morgan fingerprint density at radius 3 is 2.67 bits per heavy atom. The molecule has 0 unspecified atom stereocenters. The first-order valence-electron chi connectivity index (χ1n) is 8.73. The predicted octanol–water partition coefficient (Wildman–Crippen LogP) is 0.585. The van der Waals surface area contributed by atoms with E-state index in [4.69, 9.17) is 19.4 Å². The second kappa shape index (κ2) is 7.90. The summed E-state index contributed by atoms with van der Waals surface area (Å²) in [6.45, 7) is 9.17. The van der Waals surface area contributed by atoms with Gasteiger partial charge in [0.15, 0.2) is 0 Å². The van der Waals surface area contributed by atoms with Crippen LogP contribution in [0.25, 0.3) is 0 Å². The van der Waals surface area contributed by atoms with Crippen molar-refractivity contribution in [1.82, 2.24) is 14.9 Å². The second-order valence-corrected chi connectivity index (χ2v) is 6.15. The number of nitrogens with zero attached hydrogens (tertiary/aromatic N) is 4. The number of hydrogen-bond acceptors (Lipinski definition) is 6. The van der Waals surface area contributed by atoms with E-state index in [-0.39, 0.29) is 12.5 Å². The molecule has 132 valence electrons. The fourth-order valence-corrected chi connectivity index (χ4v) is 3.21. The lowest BCUT2D eigenvalue weighted by Gasteiger charge is -2.27. The zero-order valence-corrected chi connectivity index (χ0v) is 14.6. The number of rotatable bonds is 4. The number of hydrogen-bond donors (Lipinski definition) is 0. The maximum Gasteiger partial charge on any atom is 0.248 e. The molecule has 2 aliphatic rings. The van der Waals surface area contributed by atoms with Crippen molar-refractivity contribution < 1.29 is 14.3 Å². The van der Waals surface area contributed by atoms with E-state index in [0.29, 0.717) is 19.7 Å². The van der Waals surface area contributed by atoms with Gasteiger partial charge in [0.05, 0.1) is 18.9 Å². The van der Waals surface area contributed by atoms with E-state index in [9.17, 15) is 4.79 Å². The molecule has 24 heavy (non-hydrogen) atoms. The summed E-state index contributed by atoms with van der Waals surface area (Å²) >= 11 is 0. The standard InChI is InChI=1S/C17H26N4O3/c1-3-23-12-16(22)20-6-4-14-13(2)18-17(19-15(14)5-7-20)21-8-10-24-11-9-21/h3-12H2,1-2H3. The molecule has 0 atom stereocenters. The largest absolute Gasteiger partial charge is 0.378 e. The molecule has 0 aromatic carbocycles. The lowest BCUT2D eigenvalue weighted by molar-refractivity contribution is -0.135. The van der Waals surface area contributed by atoms with Crippen LogP contribution in [0.4, 0.5) is 5.95 Å². The first-order valence-corrected chi connectivity index (χ1v) is 8.73. The van der Waals surface area contributed by atoms with Gasteiger partial charge in [-0.2, -0.15) is 0 Å². The average molecular weight is 334 g/mol. The Morgan fingerprint density at radius 2 is 1.92 bits per heavy atom. The quantitative estimate of drug-likeness (QED) is 0.803. The molecule has 1 fully saturated rings. The van der Waals surface area contributed by atoms with Gasteiger partial charge in [0.25, 0.3) is 0 Å². The molecule has 0 radical (unpaired) electrons. The number of morpholine rings is 1. The Kier molecular flexibility index (Phi) is 5.63. The lowest BCUT2D eigenvalue weighted by Crippen LogP contribution is -2.37. The molecule has 7 heteroatoms. The van der Waals surface area contributed by atoms with Crippen LogP contribution in [0.2, 0.25) is 0 Å². The molecule has 1 aromatic heterocycles. The summed E-state index contributed by atoms with van der Waals surface area (Å²) in [7, 11) is 0. The van der Waals surface area contributed by atoms with Crippen LogP contribution in [0.15, 0.2) is 0 Å². The van der Waals surface area contributed by atoms with Crippen LogP contribution in [-0.4, -0.2) is 73.4 Å². The molecule has 3 heterocycles. The monoisotopic (exact) mass is 334 g/mol. The van der Waals surface area contributed by atoms with Gasteiger partial charge in [-0.15, -0.1) is 0 Å². The zero-order chi connectivity index (χ0) is 16.9. The van der Waals surface area contributed by atoms with E-state index in [1.165, 1.54) is 5.56 Å². The van der Waals surface area contributed by atoms with Crippen LogP contribution in [0.1, 0.15) is 23.9 Å². The van der Waals surface area contributed by atoms with Gasteiger partial charge in [0.2, 0.25) is 11.9 Å². The highest BCUT2D eigenvalue weighted by molar-refractivity contribution is 5.77. The first kappa shape index (κ1) is 17.1. The number of fused-ring (bicyclic) bond motifs is 1. The van der Waals surface area contributed by atoms with Gasteiger partial charge >= 0.3 is 0 Å². The molecule has 1 amide bonds. The molecular weight excluding hydrogens is 308 g/mol. The van der Waals surface area contributed by atoms with Crippen molar-refractivity contribution in [1.29, 1.82) is 0 Å². The molecule has 1 aromatic rings. The Labute approximate surface area is 143 Å². The average Bonchev–Trinajstić information content (AvgIpc) is 2.83. The van der Waals surface area contributed by atoms with Gasteiger partial charge in [-0.1, -0.05) is 0 Å². The van der Waals surface area contributed by atoms with Gasteiger partial charge < -0.3 is 19.3 Å². The lowest BCUT2D eigenvalue weighted by atomic mass is 10.1. The summed E-state index contributed by atoms with van der Waals surface area (Å²) in [5.74, 6) is 0.854. The van der Waals surface area contributed by atoms with Crippen molar-refractivity contribution >= 4 is 11.9 Å². The van der Waals surface area contributed by atoms with Crippen LogP contribution in [-0.2, 0) is 27.1 Å². The third-order valence-corrected chi connectivity index (χ3v) is 4.61. The van der Waals surface area contributed by atoms with Crippen LogP contribution in [0.5, 0.6) is 0 Å². The highest BCUT2D eigenvalue weighted by atomic mass is 16.5. The van der Waals surface area contributed by atoms with E-state index >= 15 is 0 Å². The molecule has 0 aliphatic carbocycles. The Morgan fingerprint density at radius 1 is 1.17 bits per heavy atom. The van der Waals surface area contributed by atoms with Crippen molar-refractivity contribution in [2.75, 3.05) is 57.5 Å². The number of anilines is 1. The zero-order valence-electron chi connectivity index (χ0n) is 14.6. The van der Waals surface area contributed by atoms with Crippen LogP contribution < -0.4 is 4.90 Å². The normalized spacial score (nSPS) is 18.2. The van der Waals surface area contributed by atoms with Crippen LogP contribution >= 0.6 is 0 Å². The van der Waals surface area contributed by atoms with Crippen LogP contribution in [0, 0.1) is 6.92 Å². The first-order chi connectivity index (χ1) is 11.7. The Balaban J connectivity index is 1.73. The minimum atomic E-state index is 0.0590. The molecule has 0 spiro atoms. The number of aryl methyl sites for hydroxylation is 1. The highest BCUT2D eigenvalue weighted by Crippen LogP contribution is 2.21. The Bertz CT molecular complexity index is 587. The number of amides is 1. The molecule has 2 aliphatic heterocycles. The van der Waals surface area contributed by atoms with Gasteiger partial charge in [0, 0.05) is 44.9 Å². The molecule has 1 saturated heterocycles. The van der Waals surface area contributed by atoms with Crippen molar-refractivity contribution in [2.24, 2.45) is 0 Å².